The average molecular weight is 678 g/mol. The molecule has 7 heteroatoms. The number of aliphatic hydroxyl groups excluding tert-OH is 1. The van der Waals surface area contributed by atoms with Gasteiger partial charge in [-0.1, -0.05) is 86.2 Å². The quantitative estimate of drug-likeness (QED) is 0.0620. The Bertz CT molecular complexity index is 1790. The third kappa shape index (κ3) is 6.03. The standard InChI is InChI=1S/C42H47NO5S/c1-4-48-40(47)31(23-26-11-7-5-8-12-26)38(46)43-39-36(37(45)27-13-9-6-10-14-27)32(25-49-39)34-18-17-33-30-16-15-28-24-29(44)19-21-41(28,2)35(30)20-22-42(33,34)3/h5-15,23,25,29-30,33-35,44H,4,16-22,24H2,1-3H3,(H,43,46)/b31-23-/t29-,30-,33-,34+,35-,41-,42-/m0/s1. The van der Waals surface area contributed by atoms with Gasteiger partial charge in [0, 0.05) is 5.56 Å². The molecule has 0 bridgehead atoms. The van der Waals surface area contributed by atoms with Gasteiger partial charge in [0.1, 0.15) is 10.6 Å². The molecule has 2 aromatic carbocycles. The van der Waals surface area contributed by atoms with E-state index in [2.05, 4.69) is 30.6 Å². The summed E-state index contributed by atoms with van der Waals surface area (Å²) in [6, 6.07) is 18.5. The van der Waals surface area contributed by atoms with Crippen molar-refractivity contribution in [2.45, 2.75) is 84.2 Å². The molecule has 3 fully saturated rings. The molecule has 6 nitrogen and oxygen atoms in total. The van der Waals surface area contributed by atoms with Crippen LogP contribution in [0.25, 0.3) is 6.08 Å². The summed E-state index contributed by atoms with van der Waals surface area (Å²) in [7, 11) is 0. The van der Waals surface area contributed by atoms with Gasteiger partial charge in [-0.15, -0.1) is 11.3 Å². The number of ether oxygens (including phenoxy) is 1. The maximum absolute atomic E-state index is 14.4. The Hall–Kier alpha value is -3.81. The first-order valence-electron chi connectivity index (χ1n) is 18.0. The summed E-state index contributed by atoms with van der Waals surface area (Å²) >= 11 is 1.37. The third-order valence-corrected chi connectivity index (χ3v) is 13.5. The van der Waals surface area contributed by atoms with E-state index in [9.17, 15) is 19.5 Å². The third-order valence-electron chi connectivity index (χ3n) is 12.6. The zero-order valence-electron chi connectivity index (χ0n) is 28.7. The molecule has 3 saturated carbocycles. The van der Waals surface area contributed by atoms with Crippen molar-refractivity contribution in [2.24, 2.45) is 28.6 Å². The van der Waals surface area contributed by atoms with E-state index < -0.39 is 11.9 Å². The number of amides is 1. The van der Waals surface area contributed by atoms with Gasteiger partial charge in [-0.3, -0.25) is 9.59 Å². The maximum Gasteiger partial charge on any atom is 0.343 e. The van der Waals surface area contributed by atoms with E-state index in [1.165, 1.54) is 16.9 Å². The molecule has 7 atom stereocenters. The van der Waals surface area contributed by atoms with Gasteiger partial charge in [0.05, 0.1) is 18.3 Å². The number of thiophene rings is 1. The van der Waals surface area contributed by atoms with Crippen molar-refractivity contribution in [3.8, 4) is 0 Å². The molecule has 3 aromatic rings. The van der Waals surface area contributed by atoms with Gasteiger partial charge in [-0.05, 0) is 115 Å². The van der Waals surface area contributed by atoms with Crippen molar-refractivity contribution in [1.29, 1.82) is 0 Å². The van der Waals surface area contributed by atoms with Crippen molar-refractivity contribution < 1.29 is 24.2 Å². The molecule has 1 amide bonds. The molecule has 0 radical (unpaired) electrons. The summed E-state index contributed by atoms with van der Waals surface area (Å²) < 4.78 is 5.28. The summed E-state index contributed by atoms with van der Waals surface area (Å²) in [6.45, 7) is 6.76. The van der Waals surface area contributed by atoms with Crippen LogP contribution in [0.5, 0.6) is 0 Å². The van der Waals surface area contributed by atoms with Crippen molar-refractivity contribution in [1.82, 2.24) is 0 Å². The highest BCUT2D eigenvalue weighted by atomic mass is 32.1. The van der Waals surface area contributed by atoms with E-state index in [0.29, 0.717) is 39.4 Å². The van der Waals surface area contributed by atoms with E-state index in [4.69, 9.17) is 4.74 Å². The molecule has 4 aliphatic rings. The molecule has 1 aromatic heterocycles. The van der Waals surface area contributed by atoms with Crippen LogP contribution < -0.4 is 5.32 Å². The number of rotatable bonds is 8. The van der Waals surface area contributed by atoms with E-state index >= 15 is 0 Å². The Morgan fingerprint density at radius 3 is 2.43 bits per heavy atom. The van der Waals surface area contributed by atoms with Crippen LogP contribution in [0.3, 0.4) is 0 Å². The fourth-order valence-corrected chi connectivity index (χ4v) is 11.2. The smallest absolute Gasteiger partial charge is 0.343 e. The predicted molar refractivity (Wildman–Crippen MR) is 194 cm³/mol. The van der Waals surface area contributed by atoms with Gasteiger partial charge in [-0.2, -0.15) is 0 Å². The second-order valence-electron chi connectivity index (χ2n) is 15.1. The van der Waals surface area contributed by atoms with Crippen LogP contribution in [0.15, 0.2) is 83.3 Å². The van der Waals surface area contributed by atoms with Gasteiger partial charge in [-0.25, -0.2) is 4.79 Å². The largest absolute Gasteiger partial charge is 0.462 e. The number of nitrogens with one attached hydrogen (secondary N) is 1. The summed E-state index contributed by atoms with van der Waals surface area (Å²) in [4.78, 5) is 41.4. The van der Waals surface area contributed by atoms with Crippen LogP contribution in [0.2, 0.25) is 0 Å². The number of benzene rings is 2. The first-order valence-corrected chi connectivity index (χ1v) is 18.9. The number of hydrogen-bond acceptors (Lipinski definition) is 6. The van der Waals surface area contributed by atoms with E-state index in [-0.39, 0.29) is 40.8 Å². The lowest BCUT2D eigenvalue weighted by Crippen LogP contribution is -2.50. The molecule has 256 valence electrons. The molecule has 0 unspecified atom stereocenters. The number of fused-ring (bicyclic) bond motifs is 5. The molecule has 0 spiro atoms. The second-order valence-corrected chi connectivity index (χ2v) is 15.9. The molecule has 2 N–H and O–H groups in total. The number of aliphatic hydroxyl groups is 1. The van der Waals surface area contributed by atoms with Crippen molar-refractivity contribution >= 4 is 40.1 Å². The molecular weight excluding hydrogens is 631 g/mol. The van der Waals surface area contributed by atoms with Crippen LogP contribution in [0.1, 0.15) is 105 Å². The van der Waals surface area contributed by atoms with Crippen LogP contribution in [0.4, 0.5) is 5.00 Å². The number of carbonyl (C=O) groups excluding carboxylic acids is 3. The highest BCUT2D eigenvalue weighted by Crippen LogP contribution is 2.68. The Kier molecular flexibility index (Phi) is 9.27. The Morgan fingerprint density at radius 1 is 0.959 bits per heavy atom. The monoisotopic (exact) mass is 677 g/mol. The van der Waals surface area contributed by atoms with Crippen molar-refractivity contribution in [3.63, 3.8) is 0 Å². The van der Waals surface area contributed by atoms with Crippen LogP contribution in [-0.2, 0) is 14.3 Å². The Morgan fingerprint density at radius 2 is 1.69 bits per heavy atom. The van der Waals surface area contributed by atoms with Gasteiger partial charge < -0.3 is 15.2 Å². The van der Waals surface area contributed by atoms with Crippen LogP contribution in [0, 0.1) is 28.6 Å². The minimum absolute atomic E-state index is 0.0222. The lowest BCUT2D eigenvalue weighted by atomic mass is 9.47. The SMILES string of the molecule is CCOC(=O)/C(=C\c1ccccc1)C(=O)Nc1scc([C@H]2CC[C@H]3[C@@H]4CC=C5C[C@@H](O)CC[C@]5(C)[C@H]4CC[C@]23C)c1C(=O)c1ccccc1. The zero-order valence-corrected chi connectivity index (χ0v) is 29.6. The summed E-state index contributed by atoms with van der Waals surface area (Å²) in [6.07, 6.45) is 12.0. The van der Waals surface area contributed by atoms with E-state index in [1.807, 2.05) is 60.7 Å². The molecule has 49 heavy (non-hydrogen) atoms. The van der Waals surface area contributed by atoms with Crippen LogP contribution >= 0.6 is 11.3 Å². The number of carbonyl (C=O) groups is 3. The highest BCUT2D eigenvalue weighted by Gasteiger charge is 2.59. The van der Waals surface area contributed by atoms with Gasteiger partial charge in [0.2, 0.25) is 0 Å². The highest BCUT2D eigenvalue weighted by molar-refractivity contribution is 7.15. The molecule has 0 aliphatic heterocycles. The Labute approximate surface area is 293 Å². The maximum atomic E-state index is 14.4. The molecule has 1 heterocycles. The fourth-order valence-electron chi connectivity index (χ4n) is 10.2. The minimum atomic E-state index is -0.703. The number of anilines is 1. The topological polar surface area (TPSA) is 92.7 Å². The minimum Gasteiger partial charge on any atom is -0.462 e. The fraction of sp³-hybridized carbons (Fsp3) is 0.452. The Balaban J connectivity index is 1.23. The van der Waals surface area contributed by atoms with Gasteiger partial charge in [0.25, 0.3) is 5.91 Å². The normalized spacial score (nSPS) is 30.7. The first-order chi connectivity index (χ1) is 23.6. The van der Waals surface area contributed by atoms with Crippen molar-refractivity contribution in [2.75, 3.05) is 11.9 Å². The average Bonchev–Trinajstić information content (AvgIpc) is 3.68. The van der Waals surface area contributed by atoms with Gasteiger partial charge in [0.15, 0.2) is 5.78 Å². The number of allylic oxidation sites excluding steroid dienone is 1. The number of esters is 1. The van der Waals surface area contributed by atoms with E-state index in [1.54, 1.807) is 13.0 Å². The lowest BCUT2D eigenvalue weighted by molar-refractivity contribution is -0.139. The summed E-state index contributed by atoms with van der Waals surface area (Å²) in [5, 5.41) is 16.0. The zero-order chi connectivity index (χ0) is 34.3. The van der Waals surface area contributed by atoms with Crippen LogP contribution in [-0.4, -0.2) is 35.5 Å². The molecule has 7 rings (SSSR count). The van der Waals surface area contributed by atoms with Crippen molar-refractivity contribution in [3.05, 3.63) is 106 Å². The molecule has 0 saturated heterocycles. The molecular formula is C42H47NO5S. The predicted octanol–water partition coefficient (Wildman–Crippen LogP) is 8.97. The molecule has 4 aliphatic carbocycles. The number of hydrogen-bond donors (Lipinski definition) is 2. The summed E-state index contributed by atoms with van der Waals surface area (Å²) in [5.41, 5.74) is 4.39. The second kappa shape index (κ2) is 13.5. The first kappa shape index (κ1) is 33.7. The van der Waals surface area contributed by atoms with Gasteiger partial charge >= 0.3 is 5.97 Å². The van der Waals surface area contributed by atoms with E-state index in [0.717, 1.165) is 56.9 Å². The number of ketones is 1. The lowest BCUT2D eigenvalue weighted by Gasteiger charge is -2.58. The summed E-state index contributed by atoms with van der Waals surface area (Å²) in [5.74, 6) is 0.524.